The van der Waals surface area contributed by atoms with Crippen molar-refractivity contribution in [3.63, 3.8) is 0 Å². The maximum absolute atomic E-state index is 5.28. The number of aryl methyl sites for hydroxylation is 1. The van der Waals surface area contributed by atoms with Crippen molar-refractivity contribution in [1.29, 1.82) is 0 Å². The van der Waals surface area contributed by atoms with E-state index in [4.69, 9.17) is 11.5 Å². The van der Waals surface area contributed by atoms with Gasteiger partial charge in [0.1, 0.15) is 6.54 Å². The molecule has 0 saturated heterocycles. The van der Waals surface area contributed by atoms with E-state index in [-0.39, 0.29) is 0 Å². The van der Waals surface area contributed by atoms with E-state index in [1.807, 2.05) is 0 Å². The molecule has 2 N–H and O–H groups in total. The molecule has 1 aromatic rings. The quantitative estimate of drug-likeness (QED) is 0.501. The average Bonchev–Trinajstić information content (AvgIpc) is 2.88. The molecule has 0 bridgehead atoms. The van der Waals surface area contributed by atoms with Gasteiger partial charge in [-0.2, -0.15) is 5.10 Å². The van der Waals surface area contributed by atoms with Gasteiger partial charge in [0.2, 0.25) is 0 Å². The third-order valence-electron chi connectivity index (χ3n) is 3.64. The van der Waals surface area contributed by atoms with E-state index in [1.54, 1.807) is 0 Å². The van der Waals surface area contributed by atoms with Gasteiger partial charge in [0, 0.05) is 31.2 Å². The smallest absolute Gasteiger partial charge is 0.192 e. The molecule has 0 aliphatic heterocycles. The van der Waals surface area contributed by atoms with Crippen LogP contribution in [-0.4, -0.2) is 34.9 Å². The first kappa shape index (κ1) is 15.4. The molecule has 21 heavy (non-hydrogen) atoms. The maximum Gasteiger partial charge on any atom is 0.192 e. The molecule has 1 unspecified atom stereocenters. The van der Waals surface area contributed by atoms with Crippen LogP contribution in [-0.2, 0) is 12.8 Å². The van der Waals surface area contributed by atoms with Crippen LogP contribution in [0.4, 0.5) is 0 Å². The molecule has 0 amide bonds. The zero-order valence-corrected chi connectivity index (χ0v) is 13.2. The SMILES string of the molecule is C#CCN=C(NCC)NC1CCc2cn(C(C)C)nc2C1. The van der Waals surface area contributed by atoms with Crippen molar-refractivity contribution in [3.05, 3.63) is 17.5 Å². The summed E-state index contributed by atoms with van der Waals surface area (Å²) < 4.78 is 2.06. The average molecular weight is 287 g/mol. The second kappa shape index (κ2) is 7.16. The lowest BCUT2D eigenvalue weighted by Gasteiger charge is -2.24. The summed E-state index contributed by atoms with van der Waals surface area (Å²) in [6.07, 6.45) is 10.6. The molecule has 5 heteroatoms. The standard InChI is InChI=1S/C16H25N5/c1-5-9-18-16(17-6-2)19-14-8-7-13-11-21(12(3)4)20-15(13)10-14/h1,11-12,14H,6-10H2,2-4H3,(H2,17,18,19). The fraction of sp³-hybridized carbons (Fsp3) is 0.625. The maximum atomic E-state index is 5.28. The van der Waals surface area contributed by atoms with Gasteiger partial charge in [-0.05, 0) is 39.2 Å². The first-order valence-electron chi connectivity index (χ1n) is 7.69. The lowest BCUT2D eigenvalue weighted by Crippen LogP contribution is -2.45. The minimum absolute atomic E-state index is 0.364. The Hall–Kier alpha value is -1.96. The van der Waals surface area contributed by atoms with Crippen molar-refractivity contribution >= 4 is 5.96 Å². The number of nitrogens with zero attached hydrogens (tertiary/aromatic N) is 3. The van der Waals surface area contributed by atoms with Crippen LogP contribution >= 0.6 is 0 Å². The Morgan fingerprint density at radius 2 is 2.43 bits per heavy atom. The van der Waals surface area contributed by atoms with Crippen LogP contribution in [0.5, 0.6) is 0 Å². The molecule has 1 aliphatic carbocycles. The molecule has 0 fully saturated rings. The Morgan fingerprint density at radius 1 is 1.62 bits per heavy atom. The summed E-state index contributed by atoms with van der Waals surface area (Å²) in [7, 11) is 0. The van der Waals surface area contributed by atoms with E-state index < -0.39 is 0 Å². The summed E-state index contributed by atoms with van der Waals surface area (Å²) in [6, 6.07) is 0.778. The molecule has 0 saturated carbocycles. The lowest BCUT2D eigenvalue weighted by atomic mass is 9.94. The number of hydrogen-bond donors (Lipinski definition) is 2. The Bertz CT molecular complexity index is 535. The van der Waals surface area contributed by atoms with Gasteiger partial charge in [-0.25, -0.2) is 4.99 Å². The molecular weight excluding hydrogens is 262 g/mol. The highest BCUT2D eigenvalue weighted by Crippen LogP contribution is 2.21. The van der Waals surface area contributed by atoms with Gasteiger partial charge in [-0.15, -0.1) is 6.42 Å². The summed E-state index contributed by atoms with van der Waals surface area (Å²) in [4.78, 5) is 4.35. The molecule has 5 nitrogen and oxygen atoms in total. The van der Waals surface area contributed by atoms with Crippen molar-refractivity contribution in [2.75, 3.05) is 13.1 Å². The Balaban J connectivity index is 2.01. The summed E-state index contributed by atoms with van der Waals surface area (Å²) >= 11 is 0. The minimum Gasteiger partial charge on any atom is -0.357 e. The molecule has 114 valence electrons. The second-order valence-electron chi connectivity index (χ2n) is 5.66. The van der Waals surface area contributed by atoms with E-state index in [2.05, 4.69) is 53.2 Å². The summed E-state index contributed by atoms with van der Waals surface area (Å²) in [6.45, 7) is 7.59. The molecule has 1 aromatic heterocycles. The van der Waals surface area contributed by atoms with Crippen LogP contribution < -0.4 is 10.6 Å². The van der Waals surface area contributed by atoms with E-state index in [0.717, 1.165) is 31.8 Å². The predicted molar refractivity (Wildman–Crippen MR) is 86.4 cm³/mol. The number of aromatic nitrogens is 2. The van der Waals surface area contributed by atoms with Crippen LogP contribution in [0.15, 0.2) is 11.2 Å². The molecule has 1 aliphatic rings. The fourth-order valence-corrected chi connectivity index (χ4v) is 2.54. The van der Waals surface area contributed by atoms with Crippen LogP contribution in [0.2, 0.25) is 0 Å². The van der Waals surface area contributed by atoms with Crippen molar-refractivity contribution < 1.29 is 0 Å². The van der Waals surface area contributed by atoms with E-state index in [1.165, 1.54) is 11.3 Å². The van der Waals surface area contributed by atoms with Gasteiger partial charge in [0.15, 0.2) is 5.96 Å². The first-order valence-corrected chi connectivity index (χ1v) is 7.69. The predicted octanol–water partition coefficient (Wildman–Crippen LogP) is 1.51. The Morgan fingerprint density at radius 3 is 3.10 bits per heavy atom. The van der Waals surface area contributed by atoms with Gasteiger partial charge < -0.3 is 10.6 Å². The molecule has 1 atom stereocenters. The summed E-state index contributed by atoms with van der Waals surface area (Å²) in [5, 5.41) is 11.4. The molecule has 0 spiro atoms. The van der Waals surface area contributed by atoms with Gasteiger partial charge >= 0.3 is 0 Å². The molecule has 0 aromatic carbocycles. The van der Waals surface area contributed by atoms with Crippen molar-refractivity contribution in [2.24, 2.45) is 4.99 Å². The van der Waals surface area contributed by atoms with Gasteiger partial charge in [-0.1, -0.05) is 5.92 Å². The number of rotatable bonds is 4. The zero-order chi connectivity index (χ0) is 15.2. The van der Waals surface area contributed by atoms with Gasteiger partial charge in [-0.3, -0.25) is 4.68 Å². The van der Waals surface area contributed by atoms with E-state index in [0.29, 0.717) is 18.6 Å². The third kappa shape index (κ3) is 4.01. The lowest BCUT2D eigenvalue weighted by molar-refractivity contribution is 0.500. The highest BCUT2D eigenvalue weighted by molar-refractivity contribution is 5.80. The number of aliphatic imine (C=N–C) groups is 1. The fourth-order valence-electron chi connectivity index (χ4n) is 2.54. The summed E-state index contributed by atoms with van der Waals surface area (Å²) in [5.74, 6) is 3.34. The monoisotopic (exact) mass is 287 g/mol. The normalized spacial score (nSPS) is 18.2. The number of nitrogens with one attached hydrogen (secondary N) is 2. The second-order valence-corrected chi connectivity index (χ2v) is 5.66. The Kier molecular flexibility index (Phi) is 5.26. The molecular formula is C16H25N5. The topological polar surface area (TPSA) is 54.2 Å². The minimum atomic E-state index is 0.364. The van der Waals surface area contributed by atoms with Gasteiger partial charge in [0.25, 0.3) is 0 Å². The van der Waals surface area contributed by atoms with E-state index >= 15 is 0 Å². The molecule has 2 rings (SSSR count). The highest BCUT2D eigenvalue weighted by Gasteiger charge is 2.22. The van der Waals surface area contributed by atoms with Crippen LogP contribution in [0.3, 0.4) is 0 Å². The number of fused-ring (bicyclic) bond motifs is 1. The summed E-state index contributed by atoms with van der Waals surface area (Å²) in [5.41, 5.74) is 2.59. The largest absolute Gasteiger partial charge is 0.357 e. The first-order chi connectivity index (χ1) is 10.1. The van der Waals surface area contributed by atoms with Crippen LogP contribution in [0.25, 0.3) is 0 Å². The van der Waals surface area contributed by atoms with Crippen molar-refractivity contribution in [1.82, 2.24) is 20.4 Å². The number of terminal acetylenes is 1. The zero-order valence-electron chi connectivity index (χ0n) is 13.2. The highest BCUT2D eigenvalue weighted by atomic mass is 15.3. The van der Waals surface area contributed by atoms with Crippen LogP contribution in [0, 0.1) is 12.3 Å². The molecule has 0 radical (unpaired) electrons. The van der Waals surface area contributed by atoms with Gasteiger partial charge in [0.05, 0.1) is 5.69 Å². The van der Waals surface area contributed by atoms with Crippen LogP contribution in [0.1, 0.15) is 44.5 Å². The number of guanidine groups is 1. The number of hydrogen-bond acceptors (Lipinski definition) is 2. The Labute approximate surface area is 127 Å². The third-order valence-corrected chi connectivity index (χ3v) is 3.64. The van der Waals surface area contributed by atoms with Crippen molar-refractivity contribution in [3.8, 4) is 12.3 Å². The van der Waals surface area contributed by atoms with E-state index in [9.17, 15) is 0 Å². The van der Waals surface area contributed by atoms with Crippen molar-refractivity contribution in [2.45, 2.75) is 52.1 Å². The molecule has 1 heterocycles.